The van der Waals surface area contributed by atoms with Gasteiger partial charge in [-0.2, -0.15) is 5.26 Å². The summed E-state index contributed by atoms with van der Waals surface area (Å²) in [6.07, 6.45) is 1.43. The molecule has 0 radical (unpaired) electrons. The van der Waals surface area contributed by atoms with Gasteiger partial charge in [0.15, 0.2) is 0 Å². The van der Waals surface area contributed by atoms with Crippen LogP contribution < -0.4 is 5.63 Å². The summed E-state index contributed by atoms with van der Waals surface area (Å²) >= 11 is 1.18. The van der Waals surface area contributed by atoms with Crippen LogP contribution in [0.25, 0.3) is 44.6 Å². The molecule has 2 heterocycles. The third-order valence-electron chi connectivity index (χ3n) is 5.21. The second-order valence-corrected chi connectivity index (χ2v) is 8.03. The van der Waals surface area contributed by atoms with Gasteiger partial charge >= 0.3 is 5.63 Å². The van der Waals surface area contributed by atoms with Gasteiger partial charge in [0, 0.05) is 16.8 Å². The number of fused-ring (bicyclic) bond motifs is 3. The number of hydrogen-bond donors (Lipinski definition) is 0. The van der Waals surface area contributed by atoms with Crippen LogP contribution in [0.1, 0.15) is 10.6 Å². The van der Waals surface area contributed by atoms with Crippen molar-refractivity contribution in [3.63, 3.8) is 0 Å². The first kappa shape index (κ1) is 20.3. The number of nitro benzene ring substituents is 1. The fourth-order valence-electron chi connectivity index (χ4n) is 3.64. The molecule has 0 saturated carbocycles. The van der Waals surface area contributed by atoms with Gasteiger partial charge in [0.05, 0.1) is 27.3 Å². The van der Waals surface area contributed by atoms with Crippen molar-refractivity contribution in [2.45, 2.75) is 0 Å². The molecule has 33 heavy (non-hydrogen) atoms. The summed E-state index contributed by atoms with van der Waals surface area (Å²) in [6, 6.07) is 21.4. The van der Waals surface area contributed by atoms with Crippen molar-refractivity contribution in [3.05, 3.63) is 103 Å². The van der Waals surface area contributed by atoms with Gasteiger partial charge in [-0.25, -0.2) is 9.78 Å². The van der Waals surface area contributed by atoms with Gasteiger partial charge in [-0.3, -0.25) is 10.1 Å². The molecule has 0 bridgehead atoms. The van der Waals surface area contributed by atoms with Crippen LogP contribution in [0.4, 0.5) is 5.69 Å². The molecular formula is C25H13N3O4S. The average molecular weight is 451 g/mol. The largest absolute Gasteiger partial charge is 0.422 e. The smallest absolute Gasteiger partial charge is 0.345 e. The molecule has 0 saturated heterocycles. The summed E-state index contributed by atoms with van der Waals surface area (Å²) in [6.45, 7) is 0. The lowest BCUT2D eigenvalue weighted by Gasteiger charge is -2.04. The van der Waals surface area contributed by atoms with E-state index in [-0.39, 0.29) is 16.8 Å². The number of aromatic nitrogens is 1. The quantitative estimate of drug-likeness (QED) is 0.108. The lowest BCUT2D eigenvalue weighted by molar-refractivity contribution is -0.385. The van der Waals surface area contributed by atoms with Crippen molar-refractivity contribution in [3.8, 4) is 17.3 Å². The number of thiazole rings is 1. The van der Waals surface area contributed by atoms with E-state index in [0.717, 1.165) is 16.2 Å². The van der Waals surface area contributed by atoms with Gasteiger partial charge in [0.1, 0.15) is 16.7 Å². The van der Waals surface area contributed by atoms with Crippen molar-refractivity contribution < 1.29 is 9.34 Å². The van der Waals surface area contributed by atoms with E-state index in [1.54, 1.807) is 35.7 Å². The van der Waals surface area contributed by atoms with Gasteiger partial charge in [-0.05, 0) is 35.0 Å². The van der Waals surface area contributed by atoms with Crippen LogP contribution in [-0.2, 0) is 0 Å². The fraction of sp³-hybridized carbons (Fsp3) is 0. The van der Waals surface area contributed by atoms with E-state index in [2.05, 4.69) is 11.1 Å². The standard InChI is InChI=1S/C25H13N3O4S/c26-13-17(11-16-6-2-4-8-22(16)28(30)31)24-27-21(14-33-24)20-12-19-18-7-3-1-5-15(18)9-10-23(19)32-25(20)29/h1-12,14H/b17-11+. The molecular weight excluding hydrogens is 438 g/mol. The summed E-state index contributed by atoms with van der Waals surface area (Å²) in [5.74, 6) is 0. The van der Waals surface area contributed by atoms with Crippen LogP contribution >= 0.6 is 11.3 Å². The summed E-state index contributed by atoms with van der Waals surface area (Å²) < 4.78 is 5.54. The topological polar surface area (TPSA) is 110 Å². The molecule has 158 valence electrons. The van der Waals surface area contributed by atoms with Crippen molar-refractivity contribution in [1.29, 1.82) is 5.26 Å². The molecule has 0 aliphatic heterocycles. The van der Waals surface area contributed by atoms with Crippen molar-refractivity contribution >= 4 is 50.4 Å². The zero-order valence-electron chi connectivity index (χ0n) is 16.9. The number of nitrogens with zero attached hydrogens (tertiary/aromatic N) is 3. The third-order valence-corrected chi connectivity index (χ3v) is 6.08. The van der Waals surface area contributed by atoms with E-state index in [0.29, 0.717) is 21.8 Å². The molecule has 0 fully saturated rings. The molecule has 0 amide bonds. The number of rotatable bonds is 4. The maximum atomic E-state index is 12.7. The molecule has 0 atom stereocenters. The predicted octanol–water partition coefficient (Wildman–Crippen LogP) is 6.04. The second kappa shape index (κ2) is 8.15. The molecule has 0 aliphatic carbocycles. The van der Waals surface area contributed by atoms with Crippen LogP contribution in [-0.4, -0.2) is 9.91 Å². The fourth-order valence-corrected chi connectivity index (χ4v) is 4.43. The minimum atomic E-state index is -0.532. The van der Waals surface area contributed by atoms with E-state index in [1.165, 1.54) is 23.5 Å². The summed E-state index contributed by atoms with van der Waals surface area (Å²) in [5.41, 5.74) is 0.960. The number of para-hydroxylation sites is 1. The highest BCUT2D eigenvalue weighted by Crippen LogP contribution is 2.31. The normalized spacial score (nSPS) is 11.5. The lowest BCUT2D eigenvalue weighted by Crippen LogP contribution is -2.03. The molecule has 3 aromatic carbocycles. The number of nitro groups is 1. The Morgan fingerprint density at radius 3 is 2.70 bits per heavy atom. The molecule has 5 rings (SSSR count). The van der Waals surface area contributed by atoms with Gasteiger partial charge in [0.2, 0.25) is 0 Å². The molecule has 0 aliphatic rings. The van der Waals surface area contributed by atoms with E-state index >= 15 is 0 Å². The number of allylic oxidation sites excluding steroid dienone is 1. The lowest BCUT2D eigenvalue weighted by atomic mass is 10.0. The predicted molar refractivity (Wildman–Crippen MR) is 128 cm³/mol. The summed E-state index contributed by atoms with van der Waals surface area (Å²) in [4.78, 5) is 27.9. The first-order valence-corrected chi connectivity index (χ1v) is 10.7. The van der Waals surface area contributed by atoms with E-state index < -0.39 is 10.5 Å². The first-order chi connectivity index (χ1) is 16.0. The Labute approximate surface area is 190 Å². The average Bonchev–Trinajstić information content (AvgIpc) is 3.32. The SMILES string of the molecule is N#C/C(=C\c1ccccc1[N+](=O)[O-])c1nc(-c2cc3c(ccc4ccccc43)oc2=O)cs1. The van der Waals surface area contributed by atoms with Gasteiger partial charge in [0.25, 0.3) is 5.69 Å². The number of benzene rings is 3. The van der Waals surface area contributed by atoms with Crippen molar-refractivity contribution in [2.24, 2.45) is 0 Å². The highest BCUT2D eigenvalue weighted by Gasteiger charge is 2.17. The van der Waals surface area contributed by atoms with E-state index in [9.17, 15) is 20.2 Å². The Bertz CT molecular complexity index is 1690. The first-order valence-electron chi connectivity index (χ1n) is 9.82. The molecule has 7 nitrogen and oxygen atoms in total. The molecule has 8 heteroatoms. The zero-order valence-corrected chi connectivity index (χ0v) is 17.7. The van der Waals surface area contributed by atoms with Crippen LogP contribution in [0.3, 0.4) is 0 Å². The summed E-state index contributed by atoms with van der Waals surface area (Å²) in [5, 5.41) is 25.7. The molecule has 0 spiro atoms. The van der Waals surface area contributed by atoms with Crippen LogP contribution in [0.2, 0.25) is 0 Å². The summed E-state index contributed by atoms with van der Waals surface area (Å²) in [7, 11) is 0. The maximum Gasteiger partial charge on any atom is 0.345 e. The Morgan fingerprint density at radius 2 is 1.88 bits per heavy atom. The highest BCUT2D eigenvalue weighted by molar-refractivity contribution is 7.11. The van der Waals surface area contributed by atoms with Crippen LogP contribution in [0.5, 0.6) is 0 Å². The third kappa shape index (κ3) is 3.67. The van der Waals surface area contributed by atoms with Crippen molar-refractivity contribution in [1.82, 2.24) is 4.98 Å². The maximum absolute atomic E-state index is 12.7. The minimum Gasteiger partial charge on any atom is -0.422 e. The van der Waals surface area contributed by atoms with Crippen molar-refractivity contribution in [2.75, 3.05) is 0 Å². The Morgan fingerprint density at radius 1 is 1.09 bits per heavy atom. The molecule has 2 aromatic heterocycles. The molecule has 0 N–H and O–H groups in total. The second-order valence-electron chi connectivity index (χ2n) is 7.17. The Kier molecular flexibility index (Phi) is 5.01. The number of hydrogen-bond acceptors (Lipinski definition) is 7. The van der Waals surface area contributed by atoms with E-state index in [1.807, 2.05) is 30.3 Å². The van der Waals surface area contributed by atoms with Gasteiger partial charge in [-0.1, -0.05) is 42.5 Å². The molecule has 0 unspecified atom stereocenters. The van der Waals surface area contributed by atoms with Crippen LogP contribution in [0.15, 0.2) is 81.3 Å². The number of nitriles is 1. The monoisotopic (exact) mass is 451 g/mol. The van der Waals surface area contributed by atoms with E-state index in [4.69, 9.17) is 4.42 Å². The van der Waals surface area contributed by atoms with Gasteiger partial charge in [-0.15, -0.1) is 11.3 Å². The highest BCUT2D eigenvalue weighted by atomic mass is 32.1. The van der Waals surface area contributed by atoms with Gasteiger partial charge < -0.3 is 4.42 Å². The minimum absolute atomic E-state index is 0.107. The Balaban J connectivity index is 1.62. The van der Waals surface area contributed by atoms with Crippen LogP contribution in [0, 0.1) is 21.4 Å². The Hall–Kier alpha value is -4.61. The zero-order chi connectivity index (χ0) is 22.9. The molecule has 5 aromatic rings.